The number of hydrogen-bond acceptors (Lipinski definition) is 5. The van der Waals surface area contributed by atoms with Crippen LogP contribution in [0.1, 0.15) is 129 Å². The molecule has 0 spiro atoms. The van der Waals surface area contributed by atoms with Crippen molar-refractivity contribution < 1.29 is 32.9 Å². The van der Waals surface area contributed by atoms with E-state index >= 15 is 0 Å². The van der Waals surface area contributed by atoms with Crippen LogP contribution >= 0.6 is 7.82 Å². The van der Waals surface area contributed by atoms with Crippen LogP contribution in [0, 0.1) is 0 Å². The first-order chi connectivity index (χ1) is 22.0. The lowest BCUT2D eigenvalue weighted by molar-refractivity contribution is -0.870. The molecule has 3 atom stereocenters. The Labute approximate surface area is 282 Å². The van der Waals surface area contributed by atoms with E-state index in [0.29, 0.717) is 17.4 Å². The Bertz CT molecular complexity index is 897. The highest BCUT2D eigenvalue weighted by molar-refractivity contribution is 7.47. The molecule has 0 bridgehead atoms. The number of carbonyl (C=O) groups excluding carboxylic acids is 1. The maximum Gasteiger partial charge on any atom is 0.472 e. The van der Waals surface area contributed by atoms with Crippen LogP contribution in [-0.2, 0) is 18.4 Å². The molecule has 268 valence electrons. The number of aliphatic hydroxyl groups is 1. The van der Waals surface area contributed by atoms with Crippen molar-refractivity contribution in [3.05, 3.63) is 48.6 Å². The number of hydrogen-bond donors (Lipinski definition) is 3. The average molecular weight is 670 g/mol. The number of allylic oxidation sites excluding steroid dienone is 7. The fraction of sp³-hybridized carbons (Fsp3) is 0.757. The highest BCUT2D eigenvalue weighted by Crippen LogP contribution is 2.43. The first kappa shape index (κ1) is 44.5. The van der Waals surface area contributed by atoms with Crippen molar-refractivity contribution in [1.82, 2.24) is 5.32 Å². The van der Waals surface area contributed by atoms with E-state index in [-0.39, 0.29) is 19.1 Å². The molecule has 9 heteroatoms. The molecule has 0 radical (unpaired) electrons. The van der Waals surface area contributed by atoms with Gasteiger partial charge in [0.1, 0.15) is 13.2 Å². The van der Waals surface area contributed by atoms with Crippen LogP contribution in [0.4, 0.5) is 0 Å². The van der Waals surface area contributed by atoms with E-state index in [2.05, 4.69) is 55.6 Å². The first-order valence-electron chi connectivity index (χ1n) is 18.0. The third-order valence-corrected chi connectivity index (χ3v) is 8.46. The minimum absolute atomic E-state index is 0.0502. The second-order valence-electron chi connectivity index (χ2n) is 13.2. The Morgan fingerprint density at radius 2 is 1.24 bits per heavy atom. The quantitative estimate of drug-likeness (QED) is 0.0295. The molecule has 0 heterocycles. The molecular formula is C37H70N2O6P+. The van der Waals surface area contributed by atoms with Gasteiger partial charge in [0.15, 0.2) is 0 Å². The topological polar surface area (TPSA) is 105 Å². The summed E-state index contributed by atoms with van der Waals surface area (Å²) in [5.41, 5.74) is 0. The minimum Gasteiger partial charge on any atom is -0.387 e. The van der Waals surface area contributed by atoms with Gasteiger partial charge in [-0.25, -0.2) is 4.57 Å². The van der Waals surface area contributed by atoms with Gasteiger partial charge in [0.2, 0.25) is 5.91 Å². The Balaban J connectivity index is 4.66. The van der Waals surface area contributed by atoms with Gasteiger partial charge in [-0.3, -0.25) is 13.8 Å². The van der Waals surface area contributed by atoms with Crippen LogP contribution in [0.25, 0.3) is 0 Å². The lowest BCUT2D eigenvalue weighted by Crippen LogP contribution is -2.45. The molecule has 0 aliphatic heterocycles. The van der Waals surface area contributed by atoms with Crippen molar-refractivity contribution in [2.24, 2.45) is 0 Å². The maximum absolute atomic E-state index is 12.7. The molecule has 0 rings (SSSR count). The van der Waals surface area contributed by atoms with E-state index < -0.39 is 20.0 Å². The summed E-state index contributed by atoms with van der Waals surface area (Å²) in [5.74, 6) is -0.207. The van der Waals surface area contributed by atoms with Gasteiger partial charge in [0.05, 0.1) is 39.9 Å². The number of likely N-dealkylation sites (N-methyl/N-ethyl adjacent to an activating group) is 1. The summed E-state index contributed by atoms with van der Waals surface area (Å²) in [7, 11) is 1.53. The van der Waals surface area contributed by atoms with E-state index in [4.69, 9.17) is 9.05 Å². The molecule has 0 aliphatic carbocycles. The number of phosphoric acid groups is 1. The molecule has 0 aromatic carbocycles. The molecule has 0 saturated heterocycles. The predicted octanol–water partition coefficient (Wildman–Crippen LogP) is 8.96. The molecule has 46 heavy (non-hydrogen) atoms. The predicted molar refractivity (Wildman–Crippen MR) is 194 cm³/mol. The maximum atomic E-state index is 12.7. The summed E-state index contributed by atoms with van der Waals surface area (Å²) in [6.07, 6.45) is 34.6. The fourth-order valence-electron chi connectivity index (χ4n) is 4.54. The van der Waals surface area contributed by atoms with E-state index in [1.54, 1.807) is 6.08 Å². The second-order valence-corrected chi connectivity index (χ2v) is 14.7. The number of nitrogens with one attached hydrogen (secondary N) is 1. The van der Waals surface area contributed by atoms with Crippen LogP contribution in [0.5, 0.6) is 0 Å². The lowest BCUT2D eigenvalue weighted by atomic mass is 10.1. The van der Waals surface area contributed by atoms with Crippen LogP contribution in [0.2, 0.25) is 0 Å². The molecule has 0 aromatic heterocycles. The third-order valence-electron chi connectivity index (χ3n) is 7.48. The van der Waals surface area contributed by atoms with Gasteiger partial charge in [-0.05, 0) is 64.2 Å². The van der Waals surface area contributed by atoms with E-state index in [1.165, 1.54) is 44.9 Å². The van der Waals surface area contributed by atoms with Gasteiger partial charge >= 0.3 is 7.82 Å². The van der Waals surface area contributed by atoms with Crippen molar-refractivity contribution in [3.8, 4) is 0 Å². The number of phosphoric ester groups is 1. The van der Waals surface area contributed by atoms with E-state index in [1.807, 2.05) is 27.2 Å². The molecular weight excluding hydrogens is 599 g/mol. The Morgan fingerprint density at radius 1 is 0.717 bits per heavy atom. The number of carbonyl (C=O) groups is 1. The molecule has 3 N–H and O–H groups in total. The second kappa shape index (κ2) is 29.6. The highest BCUT2D eigenvalue weighted by atomic mass is 31.2. The molecule has 0 aliphatic rings. The fourth-order valence-corrected chi connectivity index (χ4v) is 5.28. The largest absolute Gasteiger partial charge is 0.472 e. The summed E-state index contributed by atoms with van der Waals surface area (Å²) in [4.78, 5) is 22.9. The summed E-state index contributed by atoms with van der Waals surface area (Å²) in [5, 5.41) is 13.7. The van der Waals surface area contributed by atoms with Gasteiger partial charge in [-0.1, -0.05) is 107 Å². The summed E-state index contributed by atoms with van der Waals surface area (Å²) in [6.45, 7) is 4.64. The summed E-state index contributed by atoms with van der Waals surface area (Å²) in [6, 6.07) is -0.870. The molecule has 3 unspecified atom stereocenters. The molecule has 0 aromatic rings. The Morgan fingerprint density at radius 3 is 1.83 bits per heavy atom. The minimum atomic E-state index is -4.34. The normalized spacial score (nSPS) is 15.4. The number of amides is 1. The molecule has 0 saturated carbocycles. The van der Waals surface area contributed by atoms with Gasteiger partial charge in [-0.15, -0.1) is 0 Å². The monoisotopic (exact) mass is 669 g/mol. The number of rotatable bonds is 31. The first-order valence-corrected chi connectivity index (χ1v) is 19.5. The van der Waals surface area contributed by atoms with Crippen molar-refractivity contribution >= 4 is 13.7 Å². The number of aliphatic hydroxyl groups excluding tert-OH is 1. The van der Waals surface area contributed by atoms with Crippen molar-refractivity contribution in [1.29, 1.82) is 0 Å². The molecule has 8 nitrogen and oxygen atoms in total. The zero-order valence-corrected chi connectivity index (χ0v) is 30.9. The van der Waals surface area contributed by atoms with Gasteiger partial charge in [0.25, 0.3) is 0 Å². The summed E-state index contributed by atoms with van der Waals surface area (Å²) >= 11 is 0. The van der Waals surface area contributed by atoms with Crippen molar-refractivity contribution in [2.75, 3.05) is 40.9 Å². The van der Waals surface area contributed by atoms with Gasteiger partial charge in [-0.2, -0.15) is 0 Å². The van der Waals surface area contributed by atoms with E-state index in [9.17, 15) is 19.4 Å². The zero-order chi connectivity index (χ0) is 34.4. The summed E-state index contributed by atoms with van der Waals surface area (Å²) < 4.78 is 23.3. The zero-order valence-electron chi connectivity index (χ0n) is 30.0. The van der Waals surface area contributed by atoms with Crippen LogP contribution < -0.4 is 5.32 Å². The smallest absolute Gasteiger partial charge is 0.387 e. The van der Waals surface area contributed by atoms with Crippen LogP contribution in [0.15, 0.2) is 48.6 Å². The Kier molecular flexibility index (Phi) is 28.6. The molecule has 1 amide bonds. The van der Waals surface area contributed by atoms with Crippen molar-refractivity contribution in [3.63, 3.8) is 0 Å². The lowest BCUT2D eigenvalue weighted by Gasteiger charge is -2.25. The van der Waals surface area contributed by atoms with Crippen LogP contribution in [0.3, 0.4) is 0 Å². The van der Waals surface area contributed by atoms with Crippen LogP contribution in [-0.4, -0.2) is 73.4 Å². The third kappa shape index (κ3) is 31.1. The highest BCUT2D eigenvalue weighted by Gasteiger charge is 2.27. The van der Waals surface area contributed by atoms with Gasteiger partial charge < -0.3 is 19.8 Å². The number of quaternary nitrogens is 1. The average Bonchev–Trinajstić information content (AvgIpc) is 2.99. The van der Waals surface area contributed by atoms with E-state index in [0.717, 1.165) is 64.2 Å². The standard InChI is InChI=1S/C37H69N2O6P/c1-6-8-10-12-14-16-18-19-21-23-25-27-29-31-37(41)38-35(34-45-46(42,43)44-33-32-39(3,4)5)36(40)30-28-26-24-22-20-17-15-13-11-9-7-2/h11,13,16,18,20,22,28,30,35-36,40H,6-10,12,14-15,17,19,21,23-27,29,31-34H2,1-5H3,(H-,38,41,42,43)/p+1/b13-11+,18-16-,22-20+,30-28+. The van der Waals surface area contributed by atoms with Crippen molar-refractivity contribution in [2.45, 2.75) is 142 Å². The SMILES string of the molecule is CCC/C=C/CC/C=C/CC/C=C/C(O)C(COP(=O)(O)OCC[N+](C)(C)C)NC(=O)CCCCCCC/C=C\CCCCCC. The Hall–Kier alpha value is -1.54. The number of unbranched alkanes of at least 4 members (excludes halogenated alkanes) is 12. The van der Waals surface area contributed by atoms with Gasteiger partial charge in [0, 0.05) is 6.42 Å². The number of nitrogens with zero attached hydrogens (tertiary/aromatic N) is 1. The molecule has 0 fully saturated rings.